The first-order valence-corrected chi connectivity index (χ1v) is 5.39. The topological polar surface area (TPSA) is 29.5 Å². The molecule has 1 aliphatic rings. The third-order valence-electron chi connectivity index (χ3n) is 2.71. The summed E-state index contributed by atoms with van der Waals surface area (Å²) in [5.41, 5.74) is 1.99. The molecule has 0 atom stereocenters. The van der Waals surface area contributed by atoms with Crippen molar-refractivity contribution in [3.8, 4) is 0 Å². The van der Waals surface area contributed by atoms with E-state index in [9.17, 15) is 9.18 Å². The number of fused-ring (bicyclic) bond motifs is 1. The molecule has 0 aliphatic carbocycles. The Balaban J connectivity index is 2.13. The van der Waals surface area contributed by atoms with Gasteiger partial charge in [0.1, 0.15) is 5.82 Å². The van der Waals surface area contributed by atoms with E-state index in [1.165, 1.54) is 12.1 Å². The minimum absolute atomic E-state index is 0.260. The van der Waals surface area contributed by atoms with Gasteiger partial charge in [0.05, 0.1) is 6.61 Å². The van der Waals surface area contributed by atoms with Crippen molar-refractivity contribution in [2.45, 2.75) is 19.9 Å². The molecule has 1 aromatic carbocycles. The molecule has 16 heavy (non-hydrogen) atoms. The minimum Gasteiger partial charge on any atom is -0.450 e. The molecular formula is C12H14FNO2. The molecule has 3 nitrogen and oxygen atoms in total. The van der Waals surface area contributed by atoms with Crippen LogP contribution < -0.4 is 0 Å². The fourth-order valence-corrected chi connectivity index (χ4v) is 1.90. The predicted octanol–water partition coefficient (Wildman–Crippen LogP) is 2.34. The van der Waals surface area contributed by atoms with E-state index in [4.69, 9.17) is 4.74 Å². The van der Waals surface area contributed by atoms with E-state index in [0.717, 1.165) is 17.5 Å². The quantitative estimate of drug-likeness (QED) is 0.731. The number of nitrogens with zero attached hydrogens (tertiary/aromatic N) is 1. The maximum Gasteiger partial charge on any atom is 0.410 e. The Labute approximate surface area is 93.8 Å². The first-order valence-electron chi connectivity index (χ1n) is 5.39. The van der Waals surface area contributed by atoms with Gasteiger partial charge >= 0.3 is 6.09 Å². The van der Waals surface area contributed by atoms with Crippen molar-refractivity contribution in [2.75, 3.05) is 13.2 Å². The fourth-order valence-electron chi connectivity index (χ4n) is 1.90. The zero-order valence-corrected chi connectivity index (χ0v) is 9.20. The average molecular weight is 223 g/mol. The Morgan fingerprint density at radius 2 is 2.31 bits per heavy atom. The Morgan fingerprint density at radius 3 is 3.06 bits per heavy atom. The average Bonchev–Trinajstić information content (AvgIpc) is 2.28. The zero-order chi connectivity index (χ0) is 11.5. The van der Waals surface area contributed by atoms with Crippen LogP contribution in [0.4, 0.5) is 9.18 Å². The van der Waals surface area contributed by atoms with Gasteiger partial charge in [-0.25, -0.2) is 9.18 Å². The van der Waals surface area contributed by atoms with Crippen molar-refractivity contribution >= 4 is 6.09 Å². The maximum atomic E-state index is 13.0. The van der Waals surface area contributed by atoms with Crippen LogP contribution in [0.2, 0.25) is 0 Å². The van der Waals surface area contributed by atoms with Gasteiger partial charge in [0.15, 0.2) is 0 Å². The largest absolute Gasteiger partial charge is 0.450 e. The van der Waals surface area contributed by atoms with Gasteiger partial charge < -0.3 is 9.64 Å². The van der Waals surface area contributed by atoms with Crippen LogP contribution >= 0.6 is 0 Å². The van der Waals surface area contributed by atoms with Crippen LogP contribution in [0.3, 0.4) is 0 Å². The van der Waals surface area contributed by atoms with Crippen LogP contribution in [-0.2, 0) is 17.7 Å². The van der Waals surface area contributed by atoms with E-state index in [2.05, 4.69) is 0 Å². The number of benzene rings is 1. The van der Waals surface area contributed by atoms with E-state index in [0.29, 0.717) is 19.7 Å². The molecule has 1 heterocycles. The van der Waals surface area contributed by atoms with Crippen LogP contribution in [0.15, 0.2) is 18.2 Å². The normalized spacial score (nSPS) is 14.5. The van der Waals surface area contributed by atoms with E-state index < -0.39 is 0 Å². The number of hydrogen-bond acceptors (Lipinski definition) is 2. The highest BCUT2D eigenvalue weighted by Crippen LogP contribution is 2.20. The first kappa shape index (κ1) is 10.9. The molecule has 0 saturated heterocycles. The molecule has 1 aliphatic heterocycles. The van der Waals surface area contributed by atoms with Gasteiger partial charge in [0.2, 0.25) is 0 Å². The van der Waals surface area contributed by atoms with Crippen molar-refractivity contribution < 1.29 is 13.9 Å². The third-order valence-corrected chi connectivity index (χ3v) is 2.71. The van der Waals surface area contributed by atoms with Gasteiger partial charge in [-0.15, -0.1) is 0 Å². The Morgan fingerprint density at radius 1 is 1.50 bits per heavy atom. The van der Waals surface area contributed by atoms with E-state index in [-0.39, 0.29) is 11.9 Å². The van der Waals surface area contributed by atoms with Crippen LogP contribution in [0, 0.1) is 5.82 Å². The lowest BCUT2D eigenvalue weighted by molar-refractivity contribution is 0.102. The van der Waals surface area contributed by atoms with Crippen LogP contribution in [-0.4, -0.2) is 24.1 Å². The molecular weight excluding hydrogens is 209 g/mol. The molecule has 0 fully saturated rings. The number of hydrogen-bond donors (Lipinski definition) is 0. The first-order chi connectivity index (χ1) is 7.70. The predicted molar refractivity (Wildman–Crippen MR) is 57.5 cm³/mol. The van der Waals surface area contributed by atoms with E-state index in [1.54, 1.807) is 17.9 Å². The van der Waals surface area contributed by atoms with Gasteiger partial charge in [-0.1, -0.05) is 6.07 Å². The molecule has 1 amide bonds. The second kappa shape index (κ2) is 4.51. The highest BCUT2D eigenvalue weighted by molar-refractivity contribution is 5.68. The molecule has 0 radical (unpaired) electrons. The number of carbonyl (C=O) groups is 1. The van der Waals surface area contributed by atoms with Crippen LogP contribution in [0.1, 0.15) is 18.1 Å². The molecule has 0 aromatic heterocycles. The Kier molecular flexibility index (Phi) is 3.08. The van der Waals surface area contributed by atoms with Crippen LogP contribution in [0.5, 0.6) is 0 Å². The minimum atomic E-state index is -0.322. The maximum absolute atomic E-state index is 13.0. The van der Waals surface area contributed by atoms with Crippen molar-refractivity contribution in [1.29, 1.82) is 0 Å². The smallest absolute Gasteiger partial charge is 0.410 e. The Hall–Kier alpha value is -1.58. The molecule has 86 valence electrons. The monoisotopic (exact) mass is 223 g/mol. The summed E-state index contributed by atoms with van der Waals surface area (Å²) in [4.78, 5) is 13.1. The Bertz CT molecular complexity index is 406. The second-order valence-corrected chi connectivity index (χ2v) is 3.78. The summed E-state index contributed by atoms with van der Waals surface area (Å²) in [5.74, 6) is -0.260. The summed E-state index contributed by atoms with van der Waals surface area (Å²) in [6.45, 7) is 3.21. The molecule has 1 aromatic rings. The molecule has 4 heteroatoms. The lowest BCUT2D eigenvalue weighted by Gasteiger charge is -2.27. The van der Waals surface area contributed by atoms with Gasteiger partial charge in [-0.05, 0) is 36.6 Å². The van der Waals surface area contributed by atoms with Crippen molar-refractivity contribution in [2.24, 2.45) is 0 Å². The van der Waals surface area contributed by atoms with Crippen molar-refractivity contribution in [3.05, 3.63) is 35.1 Å². The van der Waals surface area contributed by atoms with Crippen LogP contribution in [0.25, 0.3) is 0 Å². The van der Waals surface area contributed by atoms with Gasteiger partial charge in [-0.3, -0.25) is 0 Å². The summed E-state index contributed by atoms with van der Waals surface area (Å²) < 4.78 is 18.0. The molecule has 2 rings (SSSR count). The van der Waals surface area contributed by atoms with Gasteiger partial charge in [0, 0.05) is 13.1 Å². The summed E-state index contributed by atoms with van der Waals surface area (Å²) in [7, 11) is 0. The lowest BCUT2D eigenvalue weighted by Crippen LogP contribution is -2.36. The molecule has 0 N–H and O–H groups in total. The fraction of sp³-hybridized carbons (Fsp3) is 0.417. The molecule has 0 saturated carbocycles. The molecule has 0 spiro atoms. The summed E-state index contributed by atoms with van der Waals surface area (Å²) in [5, 5.41) is 0. The second-order valence-electron chi connectivity index (χ2n) is 3.78. The molecule has 0 unspecified atom stereocenters. The van der Waals surface area contributed by atoms with Gasteiger partial charge in [0.25, 0.3) is 0 Å². The standard InChI is InChI=1S/C12H14FNO2/c1-2-16-12(15)14-6-5-9-3-4-11(13)7-10(9)8-14/h3-4,7H,2,5-6,8H2,1H3. The third kappa shape index (κ3) is 2.15. The van der Waals surface area contributed by atoms with Gasteiger partial charge in [-0.2, -0.15) is 0 Å². The number of carbonyl (C=O) groups excluding carboxylic acids is 1. The number of halogens is 1. The summed E-state index contributed by atoms with van der Waals surface area (Å²) in [6.07, 6.45) is 0.437. The lowest BCUT2D eigenvalue weighted by atomic mass is 10.00. The number of amides is 1. The zero-order valence-electron chi connectivity index (χ0n) is 9.20. The van der Waals surface area contributed by atoms with Crippen molar-refractivity contribution in [1.82, 2.24) is 4.90 Å². The highest BCUT2D eigenvalue weighted by atomic mass is 19.1. The summed E-state index contributed by atoms with van der Waals surface area (Å²) in [6, 6.07) is 4.73. The molecule has 0 bridgehead atoms. The van der Waals surface area contributed by atoms with Crippen molar-refractivity contribution in [3.63, 3.8) is 0 Å². The van der Waals surface area contributed by atoms with E-state index >= 15 is 0 Å². The number of rotatable bonds is 1. The SMILES string of the molecule is CCOC(=O)N1CCc2ccc(F)cc2C1. The number of ether oxygens (including phenoxy) is 1. The highest BCUT2D eigenvalue weighted by Gasteiger charge is 2.21. The van der Waals surface area contributed by atoms with E-state index in [1.807, 2.05) is 0 Å². The summed E-state index contributed by atoms with van der Waals surface area (Å²) >= 11 is 0.